The van der Waals surface area contributed by atoms with Gasteiger partial charge >= 0.3 is 5.69 Å². The van der Waals surface area contributed by atoms with Crippen LogP contribution in [0.1, 0.15) is 12.0 Å². The molecule has 2 N–H and O–H groups in total. The van der Waals surface area contributed by atoms with Crippen LogP contribution >= 0.6 is 0 Å². The van der Waals surface area contributed by atoms with E-state index in [1.165, 1.54) is 18.5 Å². The molecule has 0 radical (unpaired) electrons. The normalized spacial score (nSPS) is 14.6. The van der Waals surface area contributed by atoms with Crippen molar-refractivity contribution in [1.82, 2.24) is 14.9 Å². The van der Waals surface area contributed by atoms with Crippen molar-refractivity contribution >= 4 is 17.3 Å². The van der Waals surface area contributed by atoms with Crippen LogP contribution in [0, 0.1) is 15.9 Å². The molecule has 0 spiro atoms. The van der Waals surface area contributed by atoms with Gasteiger partial charge in [0.1, 0.15) is 12.1 Å². The van der Waals surface area contributed by atoms with Crippen LogP contribution in [0.2, 0.25) is 0 Å². The zero-order valence-corrected chi connectivity index (χ0v) is 15.4. The Hall–Kier alpha value is -2.85. The fourth-order valence-corrected chi connectivity index (χ4v) is 2.93. The van der Waals surface area contributed by atoms with Crippen LogP contribution in [0.25, 0.3) is 0 Å². The largest absolute Gasteiger partial charge is 0.379 e. The lowest BCUT2D eigenvalue weighted by molar-refractivity contribution is -0.383. The molecule has 1 aliphatic heterocycles. The number of hydrogen-bond donors (Lipinski definition) is 2. The summed E-state index contributed by atoms with van der Waals surface area (Å²) in [7, 11) is 0. The van der Waals surface area contributed by atoms with E-state index < -0.39 is 4.92 Å². The van der Waals surface area contributed by atoms with E-state index in [1.807, 2.05) is 0 Å². The van der Waals surface area contributed by atoms with Crippen molar-refractivity contribution in [2.24, 2.45) is 0 Å². The highest BCUT2D eigenvalue weighted by atomic mass is 19.1. The molecule has 1 saturated heterocycles. The average Bonchev–Trinajstić information content (AvgIpc) is 2.71. The van der Waals surface area contributed by atoms with Crippen LogP contribution < -0.4 is 10.6 Å². The van der Waals surface area contributed by atoms with E-state index in [0.717, 1.165) is 44.8 Å². The Labute approximate surface area is 162 Å². The maximum Gasteiger partial charge on any atom is 0.353 e. The summed E-state index contributed by atoms with van der Waals surface area (Å²) in [6.45, 7) is 5.05. The van der Waals surface area contributed by atoms with Crippen molar-refractivity contribution in [2.75, 3.05) is 50.0 Å². The number of anilines is 2. The van der Waals surface area contributed by atoms with Crippen molar-refractivity contribution in [2.45, 2.75) is 13.0 Å². The maximum atomic E-state index is 13.0. The molecule has 0 atom stereocenters. The van der Waals surface area contributed by atoms with Gasteiger partial charge in [0, 0.05) is 26.2 Å². The van der Waals surface area contributed by atoms with Gasteiger partial charge in [0.25, 0.3) is 0 Å². The third-order valence-corrected chi connectivity index (χ3v) is 4.43. The van der Waals surface area contributed by atoms with Gasteiger partial charge in [0.05, 0.1) is 18.1 Å². The lowest BCUT2D eigenvalue weighted by Gasteiger charge is -2.26. The van der Waals surface area contributed by atoms with Gasteiger partial charge in [-0.2, -0.15) is 0 Å². The molecule has 0 amide bonds. The van der Waals surface area contributed by atoms with Gasteiger partial charge in [0.2, 0.25) is 11.6 Å². The monoisotopic (exact) mass is 390 g/mol. The highest BCUT2D eigenvalue weighted by molar-refractivity contribution is 5.69. The standard InChI is InChI=1S/C18H23FN6O3/c19-15-4-2-14(3-5-15)12-21-18-16(25(26)27)17(22-13-23-18)20-6-1-7-24-8-10-28-11-9-24/h2-5,13H,1,6-12H2,(H2,20,21,22,23). The minimum atomic E-state index is -0.503. The first-order chi connectivity index (χ1) is 13.6. The number of hydrogen-bond acceptors (Lipinski definition) is 8. The summed E-state index contributed by atoms with van der Waals surface area (Å²) in [6, 6.07) is 5.90. The number of benzene rings is 1. The fraction of sp³-hybridized carbons (Fsp3) is 0.444. The molecule has 1 aromatic heterocycles. The quantitative estimate of drug-likeness (QED) is 0.382. The summed E-state index contributed by atoms with van der Waals surface area (Å²) < 4.78 is 18.3. The molecule has 0 bridgehead atoms. The van der Waals surface area contributed by atoms with Crippen molar-refractivity contribution in [3.63, 3.8) is 0 Å². The molecule has 1 aromatic carbocycles. The number of nitro groups is 1. The minimum absolute atomic E-state index is 0.125. The second kappa shape index (κ2) is 9.90. The predicted octanol–water partition coefficient (Wildman–Crippen LogP) is 2.27. The Bertz CT molecular complexity index is 783. The molecule has 150 valence electrons. The van der Waals surface area contributed by atoms with Gasteiger partial charge in [-0.25, -0.2) is 14.4 Å². The van der Waals surface area contributed by atoms with E-state index >= 15 is 0 Å². The molecule has 9 nitrogen and oxygen atoms in total. The molecule has 28 heavy (non-hydrogen) atoms. The minimum Gasteiger partial charge on any atom is -0.379 e. The number of morpholine rings is 1. The topological polar surface area (TPSA) is 105 Å². The van der Waals surface area contributed by atoms with Crippen LogP contribution in [0.15, 0.2) is 30.6 Å². The second-order valence-electron chi connectivity index (χ2n) is 6.39. The molecule has 2 heterocycles. The molecule has 0 saturated carbocycles. The Morgan fingerprint density at radius 2 is 1.82 bits per heavy atom. The van der Waals surface area contributed by atoms with Crippen molar-refractivity contribution in [3.05, 3.63) is 52.1 Å². The van der Waals surface area contributed by atoms with Gasteiger partial charge in [-0.15, -0.1) is 0 Å². The summed E-state index contributed by atoms with van der Waals surface area (Å²) in [4.78, 5) is 21.4. The van der Waals surface area contributed by atoms with Crippen LogP contribution in [0.4, 0.5) is 21.7 Å². The van der Waals surface area contributed by atoms with Gasteiger partial charge in [0.15, 0.2) is 0 Å². The summed E-state index contributed by atoms with van der Waals surface area (Å²) in [5, 5.41) is 17.5. The van der Waals surface area contributed by atoms with Crippen LogP contribution in [0.5, 0.6) is 0 Å². The maximum absolute atomic E-state index is 13.0. The lowest BCUT2D eigenvalue weighted by atomic mass is 10.2. The van der Waals surface area contributed by atoms with Gasteiger partial charge in [-0.05, 0) is 30.7 Å². The van der Waals surface area contributed by atoms with Crippen LogP contribution in [-0.4, -0.2) is 59.2 Å². The smallest absolute Gasteiger partial charge is 0.353 e. The van der Waals surface area contributed by atoms with E-state index in [4.69, 9.17) is 4.74 Å². The molecule has 0 aliphatic carbocycles. The fourth-order valence-electron chi connectivity index (χ4n) is 2.93. The van der Waals surface area contributed by atoms with Gasteiger partial charge < -0.3 is 15.4 Å². The molecule has 3 rings (SSSR count). The molecule has 2 aromatic rings. The Kier molecular flexibility index (Phi) is 7.04. The first-order valence-corrected chi connectivity index (χ1v) is 9.15. The predicted molar refractivity (Wildman–Crippen MR) is 103 cm³/mol. The number of nitrogens with zero attached hydrogens (tertiary/aromatic N) is 4. The number of aromatic nitrogens is 2. The van der Waals surface area contributed by atoms with Crippen LogP contribution in [0.3, 0.4) is 0 Å². The zero-order valence-electron chi connectivity index (χ0n) is 15.4. The highest BCUT2D eigenvalue weighted by Crippen LogP contribution is 2.29. The van der Waals surface area contributed by atoms with E-state index in [9.17, 15) is 14.5 Å². The molecule has 10 heteroatoms. The van der Waals surface area contributed by atoms with E-state index in [-0.39, 0.29) is 29.7 Å². The molecule has 1 aliphatic rings. The van der Waals surface area contributed by atoms with Gasteiger partial charge in [-0.3, -0.25) is 15.0 Å². The number of nitrogens with one attached hydrogen (secondary N) is 2. The summed E-state index contributed by atoms with van der Waals surface area (Å²) in [6.07, 6.45) is 2.11. The Morgan fingerprint density at radius 1 is 1.14 bits per heavy atom. The first kappa shape index (κ1) is 19.9. The van der Waals surface area contributed by atoms with Crippen LogP contribution in [-0.2, 0) is 11.3 Å². The van der Waals surface area contributed by atoms with E-state index in [0.29, 0.717) is 6.54 Å². The third kappa shape index (κ3) is 5.57. The van der Waals surface area contributed by atoms with Crippen molar-refractivity contribution in [3.8, 4) is 0 Å². The van der Waals surface area contributed by atoms with Crippen molar-refractivity contribution in [1.29, 1.82) is 0 Å². The SMILES string of the molecule is O=[N+]([O-])c1c(NCCCN2CCOCC2)ncnc1NCc1ccc(F)cc1. The Balaban J connectivity index is 1.58. The van der Waals surface area contributed by atoms with Crippen molar-refractivity contribution < 1.29 is 14.1 Å². The third-order valence-electron chi connectivity index (χ3n) is 4.43. The summed E-state index contributed by atoms with van der Waals surface area (Å²) in [5.74, 6) is -0.0241. The highest BCUT2D eigenvalue weighted by Gasteiger charge is 2.22. The second-order valence-corrected chi connectivity index (χ2v) is 6.39. The van der Waals surface area contributed by atoms with E-state index in [1.54, 1.807) is 12.1 Å². The number of halogens is 1. The summed E-state index contributed by atoms with van der Waals surface area (Å²) in [5.41, 5.74) is 0.588. The summed E-state index contributed by atoms with van der Waals surface area (Å²) >= 11 is 0. The number of ether oxygens (including phenoxy) is 1. The molecule has 0 unspecified atom stereocenters. The average molecular weight is 390 g/mol. The zero-order chi connectivity index (χ0) is 19.8. The molecular formula is C18H23FN6O3. The molecular weight excluding hydrogens is 367 g/mol. The molecule has 1 fully saturated rings. The first-order valence-electron chi connectivity index (χ1n) is 9.15. The lowest BCUT2D eigenvalue weighted by Crippen LogP contribution is -2.37. The Morgan fingerprint density at radius 3 is 2.50 bits per heavy atom. The number of rotatable bonds is 9. The van der Waals surface area contributed by atoms with E-state index in [2.05, 4.69) is 25.5 Å². The van der Waals surface area contributed by atoms with Gasteiger partial charge in [-0.1, -0.05) is 12.1 Å².